The minimum atomic E-state index is -0.470. The fourth-order valence-corrected chi connectivity index (χ4v) is 2.25. The molecule has 0 amide bonds. The number of aromatic nitrogens is 1. The van der Waals surface area contributed by atoms with Crippen LogP contribution in [0, 0.1) is 10.1 Å². The molecule has 1 aliphatic heterocycles. The van der Waals surface area contributed by atoms with Crippen LogP contribution in [0.2, 0.25) is 5.02 Å². The largest absolute Gasteiger partial charge is 0.360 e. The lowest BCUT2D eigenvalue weighted by molar-refractivity contribution is -0.384. The highest BCUT2D eigenvalue weighted by atomic mass is 35.5. The van der Waals surface area contributed by atoms with Gasteiger partial charge in [0.1, 0.15) is 0 Å². The van der Waals surface area contributed by atoms with E-state index >= 15 is 0 Å². The van der Waals surface area contributed by atoms with Gasteiger partial charge in [-0.2, -0.15) is 0 Å². The Morgan fingerprint density at radius 3 is 3.11 bits per heavy atom. The molecule has 0 saturated carbocycles. The SMILES string of the molecule is CC1NCCCC1Nc1ncc(Cl)cc1[N+](=O)[O-]. The molecule has 7 heteroatoms. The quantitative estimate of drug-likeness (QED) is 0.650. The summed E-state index contributed by atoms with van der Waals surface area (Å²) in [5.74, 6) is 0.282. The number of nitro groups is 1. The molecule has 1 aliphatic rings. The molecule has 98 valence electrons. The lowest BCUT2D eigenvalue weighted by Gasteiger charge is -2.30. The van der Waals surface area contributed by atoms with E-state index in [0.717, 1.165) is 19.4 Å². The van der Waals surface area contributed by atoms with Crippen LogP contribution in [0.5, 0.6) is 0 Å². The fourth-order valence-electron chi connectivity index (χ4n) is 2.10. The highest BCUT2D eigenvalue weighted by molar-refractivity contribution is 6.30. The third-order valence-electron chi connectivity index (χ3n) is 3.11. The molecular weight excluding hydrogens is 256 g/mol. The first-order valence-electron chi connectivity index (χ1n) is 5.88. The van der Waals surface area contributed by atoms with E-state index in [0.29, 0.717) is 0 Å². The van der Waals surface area contributed by atoms with Crippen molar-refractivity contribution in [1.82, 2.24) is 10.3 Å². The van der Waals surface area contributed by atoms with Gasteiger partial charge in [-0.1, -0.05) is 11.6 Å². The molecule has 2 rings (SSSR count). The molecule has 0 spiro atoms. The van der Waals surface area contributed by atoms with Crippen LogP contribution in [0.1, 0.15) is 19.8 Å². The molecule has 2 unspecified atom stereocenters. The molecule has 2 N–H and O–H groups in total. The number of anilines is 1. The molecule has 0 aromatic carbocycles. The van der Waals surface area contributed by atoms with Gasteiger partial charge in [0.25, 0.3) is 0 Å². The van der Waals surface area contributed by atoms with Crippen LogP contribution in [-0.2, 0) is 0 Å². The van der Waals surface area contributed by atoms with Crippen molar-refractivity contribution in [2.45, 2.75) is 31.8 Å². The zero-order valence-corrected chi connectivity index (χ0v) is 10.8. The zero-order chi connectivity index (χ0) is 13.1. The number of nitrogens with one attached hydrogen (secondary N) is 2. The van der Waals surface area contributed by atoms with Crippen LogP contribution in [0.3, 0.4) is 0 Å². The maximum Gasteiger partial charge on any atom is 0.312 e. The molecule has 1 saturated heterocycles. The number of hydrogen-bond acceptors (Lipinski definition) is 5. The van der Waals surface area contributed by atoms with Crippen molar-refractivity contribution in [3.63, 3.8) is 0 Å². The van der Waals surface area contributed by atoms with Crippen molar-refractivity contribution in [2.75, 3.05) is 11.9 Å². The summed E-state index contributed by atoms with van der Waals surface area (Å²) >= 11 is 5.73. The Bertz CT molecular complexity index is 455. The molecule has 1 aromatic rings. The summed E-state index contributed by atoms with van der Waals surface area (Å²) in [7, 11) is 0. The third kappa shape index (κ3) is 2.88. The molecule has 1 fully saturated rings. The van der Waals surface area contributed by atoms with E-state index in [-0.39, 0.29) is 28.6 Å². The number of piperidine rings is 1. The van der Waals surface area contributed by atoms with Crippen molar-refractivity contribution in [3.8, 4) is 0 Å². The van der Waals surface area contributed by atoms with Gasteiger partial charge in [-0.3, -0.25) is 10.1 Å². The summed E-state index contributed by atoms with van der Waals surface area (Å²) in [5, 5.41) is 17.7. The number of nitrogens with zero attached hydrogens (tertiary/aromatic N) is 2. The predicted octanol–water partition coefficient (Wildman–Crippen LogP) is 2.20. The second-order valence-corrected chi connectivity index (χ2v) is 4.85. The Balaban J connectivity index is 2.20. The van der Waals surface area contributed by atoms with E-state index in [9.17, 15) is 10.1 Å². The predicted molar refractivity (Wildman–Crippen MR) is 70.0 cm³/mol. The standard InChI is InChI=1S/C11H15ClN4O2/c1-7-9(3-2-4-13-7)15-11-10(16(17)18)5-8(12)6-14-11/h5-7,9,13H,2-4H2,1H3,(H,14,15). The van der Waals surface area contributed by atoms with E-state index in [1.807, 2.05) is 0 Å². The van der Waals surface area contributed by atoms with Gasteiger partial charge in [0.2, 0.25) is 5.82 Å². The maximum atomic E-state index is 10.9. The molecule has 2 heterocycles. The van der Waals surface area contributed by atoms with Crippen LogP contribution >= 0.6 is 11.6 Å². The van der Waals surface area contributed by atoms with Gasteiger partial charge in [-0.25, -0.2) is 4.98 Å². The molecule has 2 atom stereocenters. The Hall–Kier alpha value is -1.40. The monoisotopic (exact) mass is 270 g/mol. The zero-order valence-electron chi connectivity index (χ0n) is 10.0. The van der Waals surface area contributed by atoms with Gasteiger partial charge in [0, 0.05) is 24.3 Å². The van der Waals surface area contributed by atoms with Crippen LogP contribution in [0.15, 0.2) is 12.3 Å². The van der Waals surface area contributed by atoms with E-state index in [4.69, 9.17) is 11.6 Å². The first-order valence-corrected chi connectivity index (χ1v) is 6.25. The molecule has 0 bridgehead atoms. The molecule has 1 aromatic heterocycles. The summed E-state index contributed by atoms with van der Waals surface area (Å²) in [6, 6.07) is 1.72. The van der Waals surface area contributed by atoms with Crippen molar-refractivity contribution in [1.29, 1.82) is 0 Å². The topological polar surface area (TPSA) is 80.1 Å². The van der Waals surface area contributed by atoms with Gasteiger partial charge >= 0.3 is 5.69 Å². The van der Waals surface area contributed by atoms with Crippen molar-refractivity contribution < 1.29 is 4.92 Å². The minimum absolute atomic E-state index is 0.0831. The smallest absolute Gasteiger partial charge is 0.312 e. The van der Waals surface area contributed by atoms with Gasteiger partial charge < -0.3 is 10.6 Å². The van der Waals surface area contributed by atoms with Crippen LogP contribution < -0.4 is 10.6 Å². The third-order valence-corrected chi connectivity index (χ3v) is 3.32. The van der Waals surface area contributed by atoms with Gasteiger partial charge in [0.15, 0.2) is 0 Å². The molecule has 18 heavy (non-hydrogen) atoms. The molecule has 6 nitrogen and oxygen atoms in total. The second kappa shape index (κ2) is 5.49. The normalized spacial score (nSPS) is 23.7. The van der Waals surface area contributed by atoms with Crippen molar-refractivity contribution in [2.24, 2.45) is 0 Å². The first-order chi connectivity index (χ1) is 8.58. The Kier molecular flexibility index (Phi) is 3.98. The Morgan fingerprint density at radius 2 is 2.44 bits per heavy atom. The fraction of sp³-hybridized carbons (Fsp3) is 0.545. The first kappa shape index (κ1) is 13.0. The molecule has 0 radical (unpaired) electrons. The van der Waals surface area contributed by atoms with E-state index in [1.165, 1.54) is 12.3 Å². The molecular formula is C11H15ClN4O2. The van der Waals surface area contributed by atoms with Gasteiger partial charge in [-0.15, -0.1) is 0 Å². The van der Waals surface area contributed by atoms with Crippen molar-refractivity contribution >= 4 is 23.1 Å². The van der Waals surface area contributed by atoms with E-state index < -0.39 is 4.92 Å². The van der Waals surface area contributed by atoms with Crippen LogP contribution in [0.4, 0.5) is 11.5 Å². The lowest BCUT2D eigenvalue weighted by Crippen LogP contribution is -2.46. The summed E-state index contributed by atoms with van der Waals surface area (Å²) < 4.78 is 0. The van der Waals surface area contributed by atoms with E-state index in [1.54, 1.807) is 0 Å². The van der Waals surface area contributed by atoms with Gasteiger partial charge in [0.05, 0.1) is 9.95 Å². The number of halogens is 1. The summed E-state index contributed by atoms with van der Waals surface area (Å²) in [6.45, 7) is 3.04. The van der Waals surface area contributed by atoms with Crippen LogP contribution in [-0.4, -0.2) is 28.5 Å². The highest BCUT2D eigenvalue weighted by Crippen LogP contribution is 2.27. The summed E-state index contributed by atoms with van der Waals surface area (Å²) in [4.78, 5) is 14.5. The Labute approximate surface area is 110 Å². The number of rotatable bonds is 3. The Morgan fingerprint density at radius 1 is 1.67 bits per heavy atom. The number of hydrogen-bond donors (Lipinski definition) is 2. The second-order valence-electron chi connectivity index (χ2n) is 4.41. The highest BCUT2D eigenvalue weighted by Gasteiger charge is 2.24. The minimum Gasteiger partial charge on any atom is -0.360 e. The maximum absolute atomic E-state index is 10.9. The average Bonchev–Trinajstić information content (AvgIpc) is 2.34. The molecule has 0 aliphatic carbocycles. The van der Waals surface area contributed by atoms with E-state index in [2.05, 4.69) is 22.5 Å². The summed E-state index contributed by atoms with van der Waals surface area (Å²) in [5.41, 5.74) is -0.0831. The van der Waals surface area contributed by atoms with Crippen molar-refractivity contribution in [3.05, 3.63) is 27.4 Å². The van der Waals surface area contributed by atoms with Crippen LogP contribution in [0.25, 0.3) is 0 Å². The van der Waals surface area contributed by atoms with Gasteiger partial charge in [-0.05, 0) is 26.3 Å². The summed E-state index contributed by atoms with van der Waals surface area (Å²) in [6.07, 6.45) is 3.43. The number of pyridine rings is 1. The lowest BCUT2D eigenvalue weighted by atomic mass is 10.00. The average molecular weight is 271 g/mol.